The van der Waals surface area contributed by atoms with Crippen LogP contribution in [0.1, 0.15) is 44.3 Å². The summed E-state index contributed by atoms with van der Waals surface area (Å²) in [6.45, 7) is 6.97. The maximum Gasteiger partial charge on any atom is 0.311 e. The standard InChI is InChI=1S/C13H19NO2S/c1-13(2,3)12-14-10(8-17-12)6-11(15)16-7-9-4-5-9/h8-9H,4-7H2,1-3H3. The number of rotatable bonds is 4. The Bertz CT molecular complexity index is 402. The first-order chi connectivity index (χ1) is 7.95. The number of thiazole rings is 1. The lowest BCUT2D eigenvalue weighted by atomic mass is 9.98. The molecule has 1 fully saturated rings. The summed E-state index contributed by atoms with van der Waals surface area (Å²) in [5.74, 6) is 0.474. The van der Waals surface area contributed by atoms with E-state index in [1.165, 1.54) is 12.8 Å². The minimum atomic E-state index is -0.150. The van der Waals surface area contributed by atoms with E-state index in [1.807, 2.05) is 5.38 Å². The van der Waals surface area contributed by atoms with Crippen molar-refractivity contribution in [2.75, 3.05) is 6.61 Å². The predicted molar refractivity (Wildman–Crippen MR) is 68.2 cm³/mol. The minimum Gasteiger partial charge on any atom is -0.465 e. The number of carbonyl (C=O) groups excluding carboxylic acids is 1. The Morgan fingerprint density at radius 1 is 1.53 bits per heavy atom. The molecule has 1 aliphatic carbocycles. The van der Waals surface area contributed by atoms with Crippen LogP contribution in [0.5, 0.6) is 0 Å². The highest BCUT2D eigenvalue weighted by atomic mass is 32.1. The first-order valence-electron chi connectivity index (χ1n) is 6.05. The Kier molecular flexibility index (Phi) is 3.52. The van der Waals surface area contributed by atoms with Crippen LogP contribution in [0, 0.1) is 5.92 Å². The normalized spacial score (nSPS) is 15.9. The summed E-state index contributed by atoms with van der Waals surface area (Å²) < 4.78 is 5.19. The zero-order valence-corrected chi connectivity index (χ0v) is 11.5. The van der Waals surface area contributed by atoms with Crippen LogP contribution in [-0.4, -0.2) is 17.6 Å². The molecule has 0 N–H and O–H groups in total. The number of ether oxygens (including phenoxy) is 1. The number of nitrogens with zero attached hydrogens (tertiary/aromatic N) is 1. The molecule has 0 aromatic carbocycles. The van der Waals surface area contributed by atoms with Gasteiger partial charge in [-0.1, -0.05) is 20.8 Å². The van der Waals surface area contributed by atoms with Crippen LogP contribution in [0.15, 0.2) is 5.38 Å². The van der Waals surface area contributed by atoms with Crippen molar-refractivity contribution in [2.24, 2.45) is 5.92 Å². The van der Waals surface area contributed by atoms with Gasteiger partial charge in [0.15, 0.2) is 0 Å². The molecule has 0 amide bonds. The molecule has 1 aromatic heterocycles. The molecule has 0 aliphatic heterocycles. The third kappa shape index (κ3) is 3.80. The van der Waals surface area contributed by atoms with Crippen LogP contribution in [0.3, 0.4) is 0 Å². The minimum absolute atomic E-state index is 0.0564. The van der Waals surface area contributed by atoms with Gasteiger partial charge in [0, 0.05) is 10.8 Å². The molecule has 0 saturated heterocycles. The van der Waals surface area contributed by atoms with Crippen LogP contribution in [0.4, 0.5) is 0 Å². The van der Waals surface area contributed by atoms with Gasteiger partial charge in [-0.15, -0.1) is 11.3 Å². The van der Waals surface area contributed by atoms with Gasteiger partial charge >= 0.3 is 5.97 Å². The van der Waals surface area contributed by atoms with Crippen molar-refractivity contribution in [3.8, 4) is 0 Å². The fourth-order valence-corrected chi connectivity index (χ4v) is 2.33. The topological polar surface area (TPSA) is 39.2 Å². The summed E-state index contributed by atoms with van der Waals surface area (Å²) in [7, 11) is 0. The molecule has 0 atom stereocenters. The number of hydrogen-bond donors (Lipinski definition) is 0. The Morgan fingerprint density at radius 3 is 2.76 bits per heavy atom. The van der Waals surface area contributed by atoms with Crippen LogP contribution in [-0.2, 0) is 21.4 Å². The number of aromatic nitrogens is 1. The van der Waals surface area contributed by atoms with Crippen LogP contribution in [0.2, 0.25) is 0 Å². The Balaban J connectivity index is 1.85. The van der Waals surface area contributed by atoms with Gasteiger partial charge in [0.25, 0.3) is 0 Å². The second kappa shape index (κ2) is 4.77. The Labute approximate surface area is 106 Å². The van der Waals surface area contributed by atoms with E-state index in [9.17, 15) is 4.79 Å². The molecule has 0 bridgehead atoms. The van der Waals surface area contributed by atoms with Gasteiger partial charge in [-0.25, -0.2) is 4.98 Å². The summed E-state index contributed by atoms with van der Waals surface area (Å²) in [5.41, 5.74) is 0.890. The van der Waals surface area contributed by atoms with E-state index in [0.717, 1.165) is 10.7 Å². The SMILES string of the molecule is CC(C)(C)c1nc(CC(=O)OCC2CC2)cs1. The summed E-state index contributed by atoms with van der Waals surface area (Å²) in [6.07, 6.45) is 2.72. The van der Waals surface area contributed by atoms with Gasteiger partial charge in [-0.05, 0) is 18.8 Å². The van der Waals surface area contributed by atoms with E-state index >= 15 is 0 Å². The highest BCUT2D eigenvalue weighted by Crippen LogP contribution is 2.29. The predicted octanol–water partition coefficient (Wildman–Crippen LogP) is 2.94. The maximum absolute atomic E-state index is 11.5. The molecular weight excluding hydrogens is 234 g/mol. The van der Waals surface area contributed by atoms with Crippen molar-refractivity contribution in [3.05, 3.63) is 16.1 Å². The van der Waals surface area contributed by atoms with Crippen molar-refractivity contribution >= 4 is 17.3 Å². The molecule has 0 spiro atoms. The summed E-state index contributed by atoms with van der Waals surface area (Å²) in [6, 6.07) is 0. The Morgan fingerprint density at radius 2 is 2.24 bits per heavy atom. The monoisotopic (exact) mass is 253 g/mol. The van der Waals surface area contributed by atoms with Crippen molar-refractivity contribution in [3.63, 3.8) is 0 Å². The van der Waals surface area contributed by atoms with Crippen molar-refractivity contribution in [1.29, 1.82) is 0 Å². The molecule has 3 nitrogen and oxygen atoms in total. The van der Waals surface area contributed by atoms with Crippen molar-refractivity contribution in [1.82, 2.24) is 4.98 Å². The molecule has 17 heavy (non-hydrogen) atoms. The molecule has 0 unspecified atom stereocenters. The zero-order valence-electron chi connectivity index (χ0n) is 10.7. The lowest BCUT2D eigenvalue weighted by Gasteiger charge is -2.13. The van der Waals surface area contributed by atoms with E-state index in [0.29, 0.717) is 18.9 Å². The molecule has 1 saturated carbocycles. The van der Waals surface area contributed by atoms with Gasteiger partial charge in [-0.2, -0.15) is 0 Å². The van der Waals surface area contributed by atoms with Crippen molar-refractivity contribution < 1.29 is 9.53 Å². The quantitative estimate of drug-likeness (QED) is 0.774. The molecule has 0 radical (unpaired) electrons. The molecule has 2 rings (SSSR count). The van der Waals surface area contributed by atoms with E-state index in [1.54, 1.807) is 11.3 Å². The van der Waals surface area contributed by atoms with E-state index in [4.69, 9.17) is 4.74 Å². The summed E-state index contributed by atoms with van der Waals surface area (Å²) >= 11 is 1.62. The third-order valence-corrected chi connectivity index (χ3v) is 4.01. The maximum atomic E-state index is 11.5. The lowest BCUT2D eigenvalue weighted by molar-refractivity contribution is -0.143. The van der Waals surface area contributed by atoms with Crippen LogP contribution in [0.25, 0.3) is 0 Å². The molecular formula is C13H19NO2S. The van der Waals surface area contributed by atoms with Gasteiger partial charge in [0.1, 0.15) is 0 Å². The third-order valence-electron chi connectivity index (χ3n) is 2.70. The molecule has 4 heteroatoms. The van der Waals surface area contributed by atoms with Crippen LogP contribution < -0.4 is 0 Å². The smallest absolute Gasteiger partial charge is 0.311 e. The molecule has 94 valence electrons. The van der Waals surface area contributed by atoms with E-state index in [2.05, 4.69) is 25.8 Å². The van der Waals surface area contributed by atoms with Crippen LogP contribution >= 0.6 is 11.3 Å². The zero-order chi connectivity index (χ0) is 12.5. The summed E-state index contributed by atoms with van der Waals surface area (Å²) in [4.78, 5) is 16.0. The fraction of sp³-hybridized carbons (Fsp3) is 0.692. The van der Waals surface area contributed by atoms with Gasteiger partial charge in [0.05, 0.1) is 23.7 Å². The van der Waals surface area contributed by atoms with E-state index in [-0.39, 0.29) is 11.4 Å². The van der Waals surface area contributed by atoms with Crippen molar-refractivity contribution in [2.45, 2.75) is 45.4 Å². The van der Waals surface area contributed by atoms with Gasteiger partial charge in [-0.3, -0.25) is 4.79 Å². The second-order valence-electron chi connectivity index (χ2n) is 5.70. The largest absolute Gasteiger partial charge is 0.465 e. The summed E-state index contributed by atoms with van der Waals surface area (Å²) in [5, 5.41) is 3.03. The average molecular weight is 253 g/mol. The highest BCUT2D eigenvalue weighted by Gasteiger charge is 2.23. The first-order valence-corrected chi connectivity index (χ1v) is 6.93. The molecule has 1 aliphatic rings. The fourth-order valence-electron chi connectivity index (χ4n) is 1.43. The first kappa shape index (κ1) is 12.6. The van der Waals surface area contributed by atoms with Gasteiger partial charge in [0.2, 0.25) is 0 Å². The Hall–Kier alpha value is -0.900. The van der Waals surface area contributed by atoms with E-state index < -0.39 is 0 Å². The number of carbonyl (C=O) groups is 1. The molecule has 1 heterocycles. The number of esters is 1. The average Bonchev–Trinajstić information content (AvgIpc) is 2.93. The second-order valence-corrected chi connectivity index (χ2v) is 6.56. The van der Waals surface area contributed by atoms with Gasteiger partial charge < -0.3 is 4.74 Å². The molecule has 1 aromatic rings. The lowest BCUT2D eigenvalue weighted by Crippen LogP contribution is -2.12. The number of hydrogen-bond acceptors (Lipinski definition) is 4. The highest BCUT2D eigenvalue weighted by molar-refractivity contribution is 7.09.